The van der Waals surface area contributed by atoms with E-state index in [1.54, 1.807) is 24.4 Å². The molecule has 0 aliphatic rings. The molecule has 0 atom stereocenters. The van der Waals surface area contributed by atoms with Crippen molar-refractivity contribution in [2.45, 2.75) is 17.7 Å². The minimum Gasteiger partial charge on any atom is -0.404 e. The lowest BCUT2D eigenvalue weighted by Crippen LogP contribution is -2.27. The molecule has 2 aromatic rings. The van der Waals surface area contributed by atoms with Crippen LogP contribution in [0.15, 0.2) is 53.6 Å². The van der Waals surface area contributed by atoms with Crippen LogP contribution in [0.5, 0.6) is 5.75 Å². The second-order valence-electron chi connectivity index (χ2n) is 4.46. The summed E-state index contributed by atoms with van der Waals surface area (Å²) in [7, 11) is -4.14. The highest BCUT2D eigenvalue weighted by molar-refractivity contribution is 7.89. The number of ether oxygens (including phenoxy) is 1. The summed E-state index contributed by atoms with van der Waals surface area (Å²) in [5, 5.41) is 0. The first-order valence-corrected chi connectivity index (χ1v) is 8.00. The second kappa shape index (κ2) is 6.97. The van der Waals surface area contributed by atoms with Crippen molar-refractivity contribution in [3.63, 3.8) is 0 Å². The number of sulfonamides is 1. The van der Waals surface area contributed by atoms with Gasteiger partial charge in [0.15, 0.2) is 0 Å². The molecule has 23 heavy (non-hydrogen) atoms. The lowest BCUT2D eigenvalue weighted by Gasteiger charge is -2.13. The third-order valence-corrected chi connectivity index (χ3v) is 4.26. The van der Waals surface area contributed by atoms with Crippen LogP contribution in [0.2, 0.25) is 0 Å². The molecule has 0 radical (unpaired) electrons. The number of halogens is 3. The van der Waals surface area contributed by atoms with Crippen molar-refractivity contribution in [1.82, 2.24) is 9.71 Å². The molecule has 0 saturated heterocycles. The number of nitrogens with one attached hydrogen (secondary N) is 1. The molecule has 0 bridgehead atoms. The van der Waals surface area contributed by atoms with Gasteiger partial charge in [-0.05, 0) is 24.3 Å². The summed E-state index contributed by atoms with van der Waals surface area (Å²) in [6.07, 6.45) is -3.10. The average Bonchev–Trinajstić information content (AvgIpc) is 2.47. The van der Waals surface area contributed by atoms with E-state index in [2.05, 4.69) is 14.4 Å². The molecule has 1 N–H and O–H groups in total. The second-order valence-corrected chi connectivity index (χ2v) is 6.20. The van der Waals surface area contributed by atoms with Gasteiger partial charge in [-0.3, -0.25) is 4.98 Å². The molecule has 9 heteroatoms. The number of hydrogen-bond donors (Lipinski definition) is 1. The third kappa shape index (κ3) is 5.22. The third-order valence-electron chi connectivity index (χ3n) is 2.76. The Morgan fingerprint density at radius 1 is 1.09 bits per heavy atom. The van der Waals surface area contributed by atoms with E-state index in [1.807, 2.05) is 0 Å². The van der Waals surface area contributed by atoms with Gasteiger partial charge in [0.05, 0.1) is 0 Å². The van der Waals surface area contributed by atoms with E-state index in [0.717, 1.165) is 12.1 Å². The predicted octanol–water partition coefficient (Wildman–Crippen LogP) is 2.50. The molecule has 2 rings (SSSR count). The SMILES string of the molecule is O=S(=O)(NCCc1ccccn1)c1ccccc1OC(F)(F)F. The van der Waals surface area contributed by atoms with Crippen LogP contribution < -0.4 is 9.46 Å². The number of pyridine rings is 1. The van der Waals surface area contributed by atoms with E-state index in [4.69, 9.17) is 0 Å². The van der Waals surface area contributed by atoms with Crippen molar-refractivity contribution < 1.29 is 26.3 Å². The fourth-order valence-electron chi connectivity index (χ4n) is 1.82. The highest BCUT2D eigenvalue weighted by Crippen LogP contribution is 2.29. The quantitative estimate of drug-likeness (QED) is 0.873. The fraction of sp³-hybridized carbons (Fsp3) is 0.214. The van der Waals surface area contributed by atoms with Crippen LogP contribution in [0.25, 0.3) is 0 Å². The van der Waals surface area contributed by atoms with Gasteiger partial charge in [0, 0.05) is 24.9 Å². The lowest BCUT2D eigenvalue weighted by atomic mass is 10.3. The minimum absolute atomic E-state index is 0.000299. The molecular formula is C14H13F3N2O3S. The smallest absolute Gasteiger partial charge is 0.404 e. The summed E-state index contributed by atoms with van der Waals surface area (Å²) in [5.41, 5.74) is 0.662. The van der Waals surface area contributed by atoms with Crippen molar-refractivity contribution >= 4 is 10.0 Å². The van der Waals surface area contributed by atoms with Gasteiger partial charge in [-0.25, -0.2) is 13.1 Å². The van der Waals surface area contributed by atoms with E-state index < -0.39 is 27.0 Å². The van der Waals surface area contributed by atoms with Gasteiger partial charge >= 0.3 is 6.36 Å². The topological polar surface area (TPSA) is 68.3 Å². The van der Waals surface area contributed by atoms with E-state index in [-0.39, 0.29) is 6.54 Å². The Labute approximate surface area is 131 Å². The largest absolute Gasteiger partial charge is 0.573 e. The molecule has 5 nitrogen and oxygen atoms in total. The van der Waals surface area contributed by atoms with Crippen molar-refractivity contribution in [2.75, 3.05) is 6.54 Å². The Kier molecular flexibility index (Phi) is 5.22. The molecule has 0 saturated carbocycles. The maximum absolute atomic E-state index is 12.3. The Bertz CT molecular complexity index is 749. The van der Waals surface area contributed by atoms with Crippen LogP contribution in [-0.4, -0.2) is 26.3 Å². The zero-order valence-corrected chi connectivity index (χ0v) is 12.6. The first-order chi connectivity index (χ1) is 10.8. The van der Waals surface area contributed by atoms with Crippen LogP contribution in [0.1, 0.15) is 5.69 Å². The molecule has 0 aliphatic carbocycles. The van der Waals surface area contributed by atoms with Crippen molar-refractivity contribution in [3.05, 3.63) is 54.4 Å². The summed E-state index contributed by atoms with van der Waals surface area (Å²) in [6, 6.07) is 9.76. The predicted molar refractivity (Wildman–Crippen MR) is 76.3 cm³/mol. The van der Waals surface area contributed by atoms with E-state index in [1.165, 1.54) is 12.1 Å². The monoisotopic (exact) mass is 346 g/mol. The normalized spacial score (nSPS) is 12.1. The average molecular weight is 346 g/mol. The van der Waals surface area contributed by atoms with Crippen LogP contribution in [0, 0.1) is 0 Å². The standard InChI is InChI=1S/C14H13F3N2O3S/c15-14(16,17)22-12-6-1-2-7-13(12)23(20,21)19-10-8-11-5-3-4-9-18-11/h1-7,9,19H,8,10H2. The Hall–Kier alpha value is -2.13. The first-order valence-electron chi connectivity index (χ1n) is 6.52. The number of rotatable bonds is 6. The van der Waals surface area contributed by atoms with Crippen LogP contribution in [-0.2, 0) is 16.4 Å². The van der Waals surface area contributed by atoms with Crippen molar-refractivity contribution in [3.8, 4) is 5.75 Å². The zero-order chi connectivity index (χ0) is 16.9. The van der Waals surface area contributed by atoms with Gasteiger partial charge in [-0.2, -0.15) is 0 Å². The van der Waals surface area contributed by atoms with Crippen LogP contribution >= 0.6 is 0 Å². The summed E-state index contributed by atoms with van der Waals surface area (Å²) >= 11 is 0. The Morgan fingerprint density at radius 2 is 1.78 bits per heavy atom. The van der Waals surface area contributed by atoms with Gasteiger partial charge in [0.25, 0.3) is 0 Å². The van der Waals surface area contributed by atoms with Crippen LogP contribution in [0.4, 0.5) is 13.2 Å². The molecule has 124 valence electrons. The molecule has 0 fully saturated rings. The van der Waals surface area contributed by atoms with E-state index in [9.17, 15) is 21.6 Å². The molecule has 0 unspecified atom stereocenters. The molecule has 0 amide bonds. The molecular weight excluding hydrogens is 333 g/mol. The number of para-hydroxylation sites is 1. The summed E-state index contributed by atoms with van der Waals surface area (Å²) in [5.74, 6) is -0.773. The van der Waals surface area contributed by atoms with Gasteiger partial charge in [0.2, 0.25) is 10.0 Å². The number of benzene rings is 1. The molecule has 0 spiro atoms. The van der Waals surface area contributed by atoms with Crippen molar-refractivity contribution in [1.29, 1.82) is 0 Å². The maximum Gasteiger partial charge on any atom is 0.573 e. The Balaban J connectivity index is 2.10. The van der Waals surface area contributed by atoms with Gasteiger partial charge < -0.3 is 4.74 Å². The molecule has 0 aliphatic heterocycles. The first kappa shape index (κ1) is 17.2. The number of hydrogen-bond acceptors (Lipinski definition) is 4. The van der Waals surface area contributed by atoms with Gasteiger partial charge in [-0.15, -0.1) is 13.2 Å². The van der Waals surface area contributed by atoms with E-state index >= 15 is 0 Å². The Morgan fingerprint density at radius 3 is 2.43 bits per heavy atom. The number of aromatic nitrogens is 1. The zero-order valence-electron chi connectivity index (χ0n) is 11.7. The highest BCUT2D eigenvalue weighted by Gasteiger charge is 2.33. The summed E-state index contributed by atoms with van der Waals surface area (Å²) < 4.78 is 67.3. The van der Waals surface area contributed by atoms with Gasteiger partial charge in [0.1, 0.15) is 10.6 Å². The minimum atomic E-state index is -4.97. The number of alkyl halides is 3. The fourth-order valence-corrected chi connectivity index (χ4v) is 2.98. The molecule has 1 aromatic heterocycles. The lowest BCUT2D eigenvalue weighted by molar-refractivity contribution is -0.275. The maximum atomic E-state index is 12.3. The van der Waals surface area contributed by atoms with E-state index in [0.29, 0.717) is 12.1 Å². The molecule has 1 aromatic carbocycles. The van der Waals surface area contributed by atoms with Crippen molar-refractivity contribution in [2.24, 2.45) is 0 Å². The molecule has 1 heterocycles. The van der Waals surface area contributed by atoms with Crippen LogP contribution in [0.3, 0.4) is 0 Å². The highest BCUT2D eigenvalue weighted by atomic mass is 32.2. The number of nitrogens with zero attached hydrogens (tertiary/aromatic N) is 1. The summed E-state index contributed by atoms with van der Waals surface area (Å²) in [6.45, 7) is -0.000299. The van der Waals surface area contributed by atoms with Gasteiger partial charge in [-0.1, -0.05) is 18.2 Å². The summed E-state index contributed by atoms with van der Waals surface area (Å²) in [4.78, 5) is 3.46.